The van der Waals surface area contributed by atoms with Crippen LogP contribution in [0, 0.1) is 0 Å². The molecule has 0 fully saturated rings. The van der Waals surface area contributed by atoms with Crippen molar-refractivity contribution in [3.63, 3.8) is 0 Å². The van der Waals surface area contributed by atoms with Crippen LogP contribution in [0.4, 0.5) is 0 Å². The fraction of sp³-hybridized carbons (Fsp3) is 1.00. The van der Waals surface area contributed by atoms with Crippen LogP contribution >= 0.6 is 39.1 Å². The molecule has 0 rings (SSSR count). The first-order chi connectivity index (χ1) is 7.26. The van der Waals surface area contributed by atoms with Gasteiger partial charge in [-0.15, -0.1) is 23.2 Å². The Morgan fingerprint density at radius 1 is 1.07 bits per heavy atom. The molecular weight excluding hydrogens is 299 g/mol. The molecule has 0 amide bonds. The largest absolute Gasteiger partial charge is 0.376 e. The van der Waals surface area contributed by atoms with Crippen molar-refractivity contribution < 1.29 is 4.74 Å². The Morgan fingerprint density at radius 2 is 1.73 bits per heavy atom. The van der Waals surface area contributed by atoms with Crippen LogP contribution < -0.4 is 0 Å². The summed E-state index contributed by atoms with van der Waals surface area (Å²) in [6.07, 6.45) is 6.31. The minimum absolute atomic E-state index is 0.0374. The van der Waals surface area contributed by atoms with Crippen LogP contribution in [0.5, 0.6) is 0 Å². The lowest BCUT2D eigenvalue weighted by molar-refractivity contribution is 0.0683. The maximum absolute atomic E-state index is 5.79. The van der Waals surface area contributed by atoms with Crippen molar-refractivity contribution >= 4 is 39.1 Å². The minimum atomic E-state index is 0.0374. The second-order valence-electron chi connectivity index (χ2n) is 3.65. The lowest BCUT2D eigenvalue weighted by Crippen LogP contribution is -2.27. The van der Waals surface area contributed by atoms with E-state index in [0.29, 0.717) is 11.8 Å². The predicted octanol–water partition coefficient (Wildman–Crippen LogP) is 4.58. The molecule has 0 aliphatic heterocycles. The van der Waals surface area contributed by atoms with E-state index in [0.717, 1.165) is 13.0 Å². The molecule has 0 radical (unpaired) electrons. The van der Waals surface area contributed by atoms with Gasteiger partial charge in [0, 0.05) is 18.4 Å². The SMILES string of the molecule is CCCCCCCOC(CCl)C(Br)CCl. The third kappa shape index (κ3) is 8.79. The molecule has 0 N–H and O–H groups in total. The van der Waals surface area contributed by atoms with Crippen LogP contribution in [0.3, 0.4) is 0 Å². The summed E-state index contributed by atoms with van der Waals surface area (Å²) in [5.41, 5.74) is 0. The van der Waals surface area contributed by atoms with E-state index in [2.05, 4.69) is 22.9 Å². The number of alkyl halides is 3. The van der Waals surface area contributed by atoms with E-state index < -0.39 is 0 Å². The zero-order valence-corrected chi connectivity index (χ0v) is 12.5. The first-order valence-electron chi connectivity index (χ1n) is 5.63. The number of unbranched alkanes of at least 4 members (excludes halogenated alkanes) is 4. The molecule has 2 unspecified atom stereocenters. The second-order valence-corrected chi connectivity index (χ2v) is 5.44. The van der Waals surface area contributed by atoms with Gasteiger partial charge in [-0.05, 0) is 6.42 Å². The normalized spacial score (nSPS) is 15.2. The van der Waals surface area contributed by atoms with Gasteiger partial charge in [-0.2, -0.15) is 0 Å². The molecule has 0 aromatic carbocycles. The molecule has 0 aromatic heterocycles. The van der Waals surface area contributed by atoms with Gasteiger partial charge in [-0.25, -0.2) is 0 Å². The van der Waals surface area contributed by atoms with Gasteiger partial charge in [0.2, 0.25) is 0 Å². The Morgan fingerprint density at radius 3 is 2.27 bits per heavy atom. The van der Waals surface area contributed by atoms with Crippen LogP contribution in [0.1, 0.15) is 39.0 Å². The average molecular weight is 320 g/mol. The number of hydrogen-bond acceptors (Lipinski definition) is 1. The van der Waals surface area contributed by atoms with Gasteiger partial charge < -0.3 is 4.74 Å². The van der Waals surface area contributed by atoms with Crippen molar-refractivity contribution in [3.05, 3.63) is 0 Å². The highest BCUT2D eigenvalue weighted by Crippen LogP contribution is 2.14. The monoisotopic (exact) mass is 318 g/mol. The Hall–Kier alpha value is 1.02. The summed E-state index contributed by atoms with van der Waals surface area (Å²) < 4.78 is 5.66. The molecule has 0 spiro atoms. The van der Waals surface area contributed by atoms with E-state index in [1.54, 1.807) is 0 Å². The van der Waals surface area contributed by atoms with Gasteiger partial charge in [0.1, 0.15) is 0 Å². The van der Waals surface area contributed by atoms with Crippen LogP contribution in [-0.2, 0) is 4.74 Å². The molecule has 0 aromatic rings. The van der Waals surface area contributed by atoms with Crippen LogP contribution in [0.15, 0.2) is 0 Å². The summed E-state index contributed by atoms with van der Waals surface area (Å²) in [4.78, 5) is 0.160. The molecule has 0 saturated carbocycles. The molecule has 15 heavy (non-hydrogen) atoms. The van der Waals surface area contributed by atoms with E-state index >= 15 is 0 Å². The summed E-state index contributed by atoms with van der Waals surface area (Å²) in [5.74, 6) is 1.03. The van der Waals surface area contributed by atoms with Crippen molar-refractivity contribution in [1.82, 2.24) is 0 Å². The van der Waals surface area contributed by atoms with Crippen LogP contribution in [0.2, 0.25) is 0 Å². The number of ether oxygens (including phenoxy) is 1. The molecule has 0 heterocycles. The number of halogens is 3. The summed E-state index contributed by atoms with van der Waals surface area (Å²) in [7, 11) is 0. The fourth-order valence-corrected chi connectivity index (χ4v) is 2.34. The third-order valence-corrected chi connectivity index (χ3v) is 4.21. The van der Waals surface area contributed by atoms with Crippen molar-refractivity contribution in [3.8, 4) is 0 Å². The summed E-state index contributed by atoms with van der Waals surface area (Å²) >= 11 is 15.0. The van der Waals surface area contributed by atoms with E-state index in [4.69, 9.17) is 27.9 Å². The first-order valence-corrected chi connectivity index (χ1v) is 7.62. The molecule has 1 nitrogen and oxygen atoms in total. The standard InChI is InChI=1S/C11H21BrCl2O/c1-2-3-4-5-6-7-15-11(9-14)10(12)8-13/h10-11H,2-9H2,1H3. The van der Waals surface area contributed by atoms with E-state index in [-0.39, 0.29) is 10.9 Å². The molecule has 0 bridgehead atoms. The highest BCUT2D eigenvalue weighted by molar-refractivity contribution is 9.09. The predicted molar refractivity (Wildman–Crippen MR) is 72.7 cm³/mol. The highest BCUT2D eigenvalue weighted by atomic mass is 79.9. The Balaban J connectivity index is 3.38. The summed E-state index contributed by atoms with van der Waals surface area (Å²) in [6, 6.07) is 0. The van der Waals surface area contributed by atoms with Crippen molar-refractivity contribution in [2.24, 2.45) is 0 Å². The summed E-state index contributed by atoms with van der Waals surface area (Å²) in [5, 5.41) is 0. The fourth-order valence-electron chi connectivity index (χ4n) is 1.29. The zero-order chi connectivity index (χ0) is 11.5. The average Bonchev–Trinajstić information content (AvgIpc) is 2.27. The third-order valence-electron chi connectivity index (χ3n) is 2.28. The summed E-state index contributed by atoms with van der Waals surface area (Å²) in [6.45, 7) is 3.01. The van der Waals surface area contributed by atoms with Gasteiger partial charge >= 0.3 is 0 Å². The first kappa shape index (κ1) is 16.0. The maximum Gasteiger partial charge on any atom is 0.0846 e. The quantitative estimate of drug-likeness (QED) is 0.423. The number of rotatable bonds is 10. The van der Waals surface area contributed by atoms with Crippen molar-refractivity contribution in [1.29, 1.82) is 0 Å². The van der Waals surface area contributed by atoms with Gasteiger partial charge in [0.05, 0.1) is 10.9 Å². The van der Waals surface area contributed by atoms with Gasteiger partial charge in [-0.1, -0.05) is 48.5 Å². The van der Waals surface area contributed by atoms with Crippen molar-refractivity contribution in [2.75, 3.05) is 18.4 Å². The minimum Gasteiger partial charge on any atom is -0.376 e. The molecule has 0 aliphatic carbocycles. The van der Waals surface area contributed by atoms with Crippen molar-refractivity contribution in [2.45, 2.75) is 50.0 Å². The molecule has 4 heteroatoms. The van der Waals surface area contributed by atoms with E-state index in [1.807, 2.05) is 0 Å². The Labute approximate surface area is 112 Å². The zero-order valence-electron chi connectivity index (χ0n) is 9.35. The van der Waals surface area contributed by atoms with Gasteiger partial charge in [0.15, 0.2) is 0 Å². The molecule has 0 aliphatic rings. The number of hydrogen-bond donors (Lipinski definition) is 0. The Bertz CT molecular complexity index is 136. The van der Waals surface area contributed by atoms with E-state index in [1.165, 1.54) is 25.7 Å². The molecular formula is C11H21BrCl2O. The molecule has 0 saturated heterocycles. The molecule has 2 atom stereocenters. The van der Waals surface area contributed by atoms with E-state index in [9.17, 15) is 0 Å². The van der Waals surface area contributed by atoms with Gasteiger partial charge in [-0.3, -0.25) is 0 Å². The Kier molecular flexibility index (Phi) is 12.3. The smallest absolute Gasteiger partial charge is 0.0846 e. The second kappa shape index (κ2) is 11.5. The maximum atomic E-state index is 5.79. The van der Waals surface area contributed by atoms with Gasteiger partial charge in [0.25, 0.3) is 0 Å². The topological polar surface area (TPSA) is 9.23 Å². The molecule has 92 valence electrons. The van der Waals surface area contributed by atoms with Crippen LogP contribution in [0.25, 0.3) is 0 Å². The highest BCUT2D eigenvalue weighted by Gasteiger charge is 2.17. The van der Waals surface area contributed by atoms with Crippen LogP contribution in [-0.4, -0.2) is 29.3 Å². The lowest BCUT2D eigenvalue weighted by Gasteiger charge is -2.18. The lowest BCUT2D eigenvalue weighted by atomic mass is 10.2.